The minimum atomic E-state index is -1.05. The summed E-state index contributed by atoms with van der Waals surface area (Å²) in [4.78, 5) is 32.6. The Hall–Kier alpha value is -3.22. The smallest absolute Gasteiger partial charge is 0.335 e. The zero-order chi connectivity index (χ0) is 15.4. The van der Waals surface area contributed by atoms with Gasteiger partial charge in [-0.25, -0.2) is 4.79 Å². The Morgan fingerprint density at radius 3 is 1.95 bits per heavy atom. The lowest BCUT2D eigenvalue weighted by Crippen LogP contribution is -2.12. The van der Waals surface area contributed by atoms with E-state index < -0.39 is 16.8 Å². The van der Waals surface area contributed by atoms with E-state index in [0.29, 0.717) is 5.69 Å². The molecule has 2 aromatic carbocycles. The molecule has 0 fully saturated rings. The molecule has 0 aromatic heterocycles. The van der Waals surface area contributed by atoms with Crippen LogP contribution in [0, 0.1) is 10.1 Å². The van der Waals surface area contributed by atoms with Gasteiger partial charge in [0.05, 0.1) is 10.5 Å². The molecule has 2 aromatic rings. The molecule has 7 heteroatoms. The number of nitro groups is 1. The highest BCUT2D eigenvalue weighted by Crippen LogP contribution is 2.14. The molecule has 0 unspecified atom stereocenters. The number of nitrogens with zero attached hydrogens (tertiary/aromatic N) is 1. The van der Waals surface area contributed by atoms with Crippen molar-refractivity contribution in [2.75, 3.05) is 5.32 Å². The van der Waals surface area contributed by atoms with Gasteiger partial charge in [-0.3, -0.25) is 14.9 Å². The average molecular weight is 286 g/mol. The van der Waals surface area contributed by atoms with E-state index in [4.69, 9.17) is 5.11 Å². The number of hydrogen-bond donors (Lipinski definition) is 2. The standard InChI is InChI=1S/C14H10N2O5/c17-13(9-3-7-12(8-4-9)16(20)21)15-11-5-1-10(2-6-11)14(18)19/h1-8H,(H,15,17)(H,18,19). The molecule has 0 spiro atoms. The second-order valence-electron chi connectivity index (χ2n) is 4.14. The number of rotatable bonds is 4. The SMILES string of the molecule is O=C(O)c1ccc(NC(=O)c2ccc([N+](=O)[O-])cc2)cc1. The summed E-state index contributed by atoms with van der Waals surface area (Å²) in [6.45, 7) is 0. The highest BCUT2D eigenvalue weighted by atomic mass is 16.6. The highest BCUT2D eigenvalue weighted by Gasteiger charge is 2.10. The van der Waals surface area contributed by atoms with Gasteiger partial charge in [0.25, 0.3) is 11.6 Å². The molecule has 106 valence electrons. The number of non-ortho nitro benzene ring substituents is 1. The van der Waals surface area contributed by atoms with Gasteiger partial charge in [0, 0.05) is 23.4 Å². The van der Waals surface area contributed by atoms with Gasteiger partial charge in [-0.15, -0.1) is 0 Å². The van der Waals surface area contributed by atoms with Crippen molar-refractivity contribution >= 4 is 23.3 Å². The molecule has 0 aliphatic carbocycles. The van der Waals surface area contributed by atoms with Crippen LogP contribution in [0.2, 0.25) is 0 Å². The summed E-state index contributed by atoms with van der Waals surface area (Å²) in [7, 11) is 0. The van der Waals surface area contributed by atoms with Crippen molar-refractivity contribution in [2.45, 2.75) is 0 Å². The number of carbonyl (C=O) groups excluding carboxylic acids is 1. The Bertz CT molecular complexity index is 692. The first kappa shape index (κ1) is 14.2. The summed E-state index contributed by atoms with van der Waals surface area (Å²) in [5.41, 5.74) is 0.715. The van der Waals surface area contributed by atoms with Gasteiger partial charge in [0.15, 0.2) is 0 Å². The van der Waals surface area contributed by atoms with Crippen LogP contribution in [0.4, 0.5) is 11.4 Å². The first-order valence-corrected chi connectivity index (χ1v) is 5.86. The molecule has 0 atom stereocenters. The number of benzene rings is 2. The van der Waals surface area contributed by atoms with Crippen LogP contribution >= 0.6 is 0 Å². The van der Waals surface area contributed by atoms with Gasteiger partial charge >= 0.3 is 5.97 Å². The van der Waals surface area contributed by atoms with Gasteiger partial charge in [0.1, 0.15) is 0 Å². The quantitative estimate of drug-likeness (QED) is 0.663. The Balaban J connectivity index is 2.10. The summed E-state index contributed by atoms with van der Waals surface area (Å²) in [6.07, 6.45) is 0. The van der Waals surface area contributed by atoms with E-state index >= 15 is 0 Å². The number of anilines is 1. The highest BCUT2D eigenvalue weighted by molar-refractivity contribution is 6.04. The number of hydrogen-bond acceptors (Lipinski definition) is 4. The second-order valence-corrected chi connectivity index (χ2v) is 4.14. The predicted molar refractivity (Wildman–Crippen MR) is 74.5 cm³/mol. The maximum atomic E-state index is 11.9. The van der Waals surface area contributed by atoms with Crippen molar-refractivity contribution in [1.82, 2.24) is 0 Å². The summed E-state index contributed by atoms with van der Waals surface area (Å²) in [6, 6.07) is 10.8. The van der Waals surface area contributed by atoms with Crippen LogP contribution in [0.15, 0.2) is 48.5 Å². The zero-order valence-electron chi connectivity index (χ0n) is 10.6. The minimum absolute atomic E-state index is 0.0997. The molecule has 21 heavy (non-hydrogen) atoms. The molecular formula is C14H10N2O5. The van der Waals surface area contributed by atoms with Gasteiger partial charge in [0.2, 0.25) is 0 Å². The van der Waals surface area contributed by atoms with E-state index in [1.165, 1.54) is 48.5 Å². The lowest BCUT2D eigenvalue weighted by molar-refractivity contribution is -0.384. The molecule has 0 aliphatic rings. The summed E-state index contributed by atoms with van der Waals surface area (Å²) in [5.74, 6) is -1.49. The molecule has 0 saturated heterocycles. The second kappa shape index (κ2) is 5.83. The maximum absolute atomic E-state index is 11.9. The molecule has 0 heterocycles. The minimum Gasteiger partial charge on any atom is -0.478 e. The van der Waals surface area contributed by atoms with E-state index in [2.05, 4.69) is 5.32 Å². The predicted octanol–water partition coefficient (Wildman–Crippen LogP) is 2.55. The molecular weight excluding hydrogens is 276 g/mol. The Labute approximate surface area is 119 Å². The fourth-order valence-corrected chi connectivity index (χ4v) is 1.63. The molecule has 0 radical (unpaired) electrons. The van der Waals surface area contributed by atoms with Gasteiger partial charge < -0.3 is 10.4 Å². The van der Waals surface area contributed by atoms with Crippen LogP contribution in [0.3, 0.4) is 0 Å². The third-order valence-corrected chi connectivity index (χ3v) is 2.73. The van der Waals surface area contributed by atoms with Crippen molar-refractivity contribution < 1.29 is 19.6 Å². The monoisotopic (exact) mass is 286 g/mol. The Morgan fingerprint density at radius 2 is 1.48 bits per heavy atom. The molecule has 0 saturated carbocycles. The summed E-state index contributed by atoms with van der Waals surface area (Å²) in [5, 5.41) is 21.9. The fraction of sp³-hybridized carbons (Fsp3) is 0. The number of nitrogens with one attached hydrogen (secondary N) is 1. The molecule has 0 aliphatic heterocycles. The van der Waals surface area contributed by atoms with Gasteiger partial charge in [-0.2, -0.15) is 0 Å². The third-order valence-electron chi connectivity index (χ3n) is 2.73. The van der Waals surface area contributed by atoms with Crippen LogP contribution in [0.1, 0.15) is 20.7 Å². The van der Waals surface area contributed by atoms with Crippen LogP contribution in [0.25, 0.3) is 0 Å². The zero-order valence-corrected chi connectivity index (χ0v) is 10.6. The lowest BCUT2D eigenvalue weighted by Gasteiger charge is -2.05. The van der Waals surface area contributed by atoms with Crippen LogP contribution < -0.4 is 5.32 Å². The van der Waals surface area contributed by atoms with Crippen molar-refractivity contribution in [3.8, 4) is 0 Å². The van der Waals surface area contributed by atoms with E-state index in [9.17, 15) is 19.7 Å². The fourth-order valence-electron chi connectivity index (χ4n) is 1.63. The summed E-state index contributed by atoms with van der Waals surface area (Å²) >= 11 is 0. The molecule has 2 rings (SSSR count). The van der Waals surface area contributed by atoms with E-state index in [1.807, 2.05) is 0 Å². The Kier molecular flexibility index (Phi) is 3.94. The average Bonchev–Trinajstić information content (AvgIpc) is 2.47. The normalized spacial score (nSPS) is 9.90. The molecule has 1 amide bonds. The van der Waals surface area contributed by atoms with E-state index in [-0.39, 0.29) is 16.8 Å². The number of carboxylic acid groups (broad SMARTS) is 1. The van der Waals surface area contributed by atoms with Gasteiger partial charge in [-0.1, -0.05) is 0 Å². The summed E-state index contributed by atoms with van der Waals surface area (Å²) < 4.78 is 0. The van der Waals surface area contributed by atoms with Crippen LogP contribution in [-0.2, 0) is 0 Å². The van der Waals surface area contributed by atoms with Crippen molar-refractivity contribution in [3.05, 3.63) is 69.8 Å². The lowest BCUT2D eigenvalue weighted by atomic mass is 10.1. The number of carbonyl (C=O) groups is 2. The molecule has 0 bridgehead atoms. The maximum Gasteiger partial charge on any atom is 0.335 e. The van der Waals surface area contributed by atoms with Crippen LogP contribution in [-0.4, -0.2) is 21.9 Å². The van der Waals surface area contributed by atoms with E-state index in [0.717, 1.165) is 0 Å². The van der Waals surface area contributed by atoms with Crippen molar-refractivity contribution in [1.29, 1.82) is 0 Å². The Morgan fingerprint density at radius 1 is 0.952 bits per heavy atom. The first-order valence-electron chi connectivity index (χ1n) is 5.86. The number of aromatic carboxylic acids is 1. The van der Waals surface area contributed by atoms with Crippen molar-refractivity contribution in [2.24, 2.45) is 0 Å². The van der Waals surface area contributed by atoms with E-state index in [1.54, 1.807) is 0 Å². The van der Waals surface area contributed by atoms with Crippen LogP contribution in [0.5, 0.6) is 0 Å². The topological polar surface area (TPSA) is 110 Å². The van der Waals surface area contributed by atoms with Gasteiger partial charge in [-0.05, 0) is 36.4 Å². The number of nitro benzene ring substituents is 1. The number of amides is 1. The largest absolute Gasteiger partial charge is 0.478 e. The molecule has 7 nitrogen and oxygen atoms in total. The molecule has 2 N–H and O–H groups in total. The first-order chi connectivity index (χ1) is 9.97. The van der Waals surface area contributed by atoms with Crippen molar-refractivity contribution in [3.63, 3.8) is 0 Å². The number of carboxylic acids is 1. The third kappa shape index (κ3) is 3.41.